The molecular weight excluding hydrogens is 485 g/mol. The van der Waals surface area contributed by atoms with E-state index in [1.54, 1.807) is 12.2 Å². The number of carboxylic acids is 1. The molecule has 4 rings (SSSR count). The Morgan fingerprint density at radius 2 is 1.89 bits per heavy atom. The van der Waals surface area contributed by atoms with Crippen LogP contribution >= 0.6 is 0 Å². The molecule has 7 nitrogen and oxygen atoms in total. The standard InChI is InChI=1S/C24H25F3N2O5S/c1-3-28(4-2)11-5-6-14-12-15(25)7-9-18(14)29(35(32)33)19-10-8-16-21-17(24(21,26)27)13-34-22(16)20(19)23(30)31/h5-10,12,17,21,35H,3-4,11,13H2,1-2H3,(H,30,31). The van der Waals surface area contributed by atoms with Crippen molar-refractivity contribution in [3.05, 3.63) is 58.9 Å². The summed E-state index contributed by atoms with van der Waals surface area (Å²) in [7, 11) is -3.45. The number of nitrogens with zero attached hydrogens (tertiary/aromatic N) is 2. The van der Waals surface area contributed by atoms with Crippen molar-refractivity contribution in [1.29, 1.82) is 0 Å². The molecular formula is C24H25F3N2O5S. The lowest BCUT2D eigenvalue weighted by Gasteiger charge is -2.25. The zero-order valence-corrected chi connectivity index (χ0v) is 20.0. The molecule has 2 unspecified atom stereocenters. The summed E-state index contributed by atoms with van der Waals surface area (Å²) in [5.41, 5.74) is -0.553. The molecule has 2 aromatic carbocycles. The fraction of sp³-hybridized carbons (Fsp3) is 0.375. The van der Waals surface area contributed by atoms with Gasteiger partial charge in [0.1, 0.15) is 17.1 Å². The number of hydrogen-bond donors (Lipinski definition) is 2. The summed E-state index contributed by atoms with van der Waals surface area (Å²) in [5.74, 6) is -7.61. The monoisotopic (exact) mass is 510 g/mol. The third-order valence-electron chi connectivity index (χ3n) is 6.49. The first-order chi connectivity index (χ1) is 16.6. The largest absolute Gasteiger partial charge is 0.492 e. The topological polar surface area (TPSA) is 87.2 Å². The van der Waals surface area contributed by atoms with Crippen molar-refractivity contribution in [3.63, 3.8) is 0 Å². The fourth-order valence-electron chi connectivity index (χ4n) is 4.53. The first-order valence-electron chi connectivity index (χ1n) is 11.1. The lowest BCUT2D eigenvalue weighted by Crippen LogP contribution is -2.22. The Labute approximate surface area is 202 Å². The third kappa shape index (κ3) is 4.50. The van der Waals surface area contributed by atoms with Crippen molar-refractivity contribution >= 4 is 34.3 Å². The summed E-state index contributed by atoms with van der Waals surface area (Å²) in [6, 6.07) is 5.90. The van der Waals surface area contributed by atoms with E-state index >= 15 is 0 Å². The zero-order chi connectivity index (χ0) is 25.5. The summed E-state index contributed by atoms with van der Waals surface area (Å²) in [6.45, 7) is 5.71. The Balaban J connectivity index is 1.82. The normalized spacial score (nSPS) is 20.0. The summed E-state index contributed by atoms with van der Waals surface area (Å²) in [6.07, 6.45) is 3.32. The quantitative estimate of drug-likeness (QED) is 0.490. The molecule has 35 heavy (non-hydrogen) atoms. The number of benzene rings is 2. The van der Waals surface area contributed by atoms with Crippen LogP contribution in [0.4, 0.5) is 24.5 Å². The third-order valence-corrected chi connectivity index (χ3v) is 7.25. The molecule has 11 heteroatoms. The van der Waals surface area contributed by atoms with Crippen LogP contribution in [-0.4, -0.2) is 56.6 Å². The van der Waals surface area contributed by atoms with E-state index in [0.29, 0.717) is 6.54 Å². The van der Waals surface area contributed by atoms with Crippen LogP contribution in [-0.2, 0) is 10.9 Å². The molecule has 1 N–H and O–H groups in total. The van der Waals surface area contributed by atoms with E-state index < -0.39 is 46.0 Å². The van der Waals surface area contributed by atoms with Crippen molar-refractivity contribution in [2.24, 2.45) is 5.92 Å². The number of fused-ring (bicyclic) bond motifs is 3. The number of carboxylic acid groups (broad SMARTS) is 1. The molecule has 1 fully saturated rings. The Kier molecular flexibility index (Phi) is 6.83. The number of hydrogen-bond acceptors (Lipinski definition) is 5. The van der Waals surface area contributed by atoms with Gasteiger partial charge in [-0.3, -0.25) is 0 Å². The number of ether oxygens (including phenoxy) is 1. The summed E-state index contributed by atoms with van der Waals surface area (Å²) < 4.78 is 73.3. The number of carbonyl (C=O) groups is 1. The van der Waals surface area contributed by atoms with E-state index in [2.05, 4.69) is 4.90 Å². The van der Waals surface area contributed by atoms with Gasteiger partial charge in [0.15, 0.2) is 0 Å². The highest BCUT2D eigenvalue weighted by Gasteiger charge is 2.71. The molecule has 1 heterocycles. The minimum absolute atomic E-state index is 0.0196. The van der Waals surface area contributed by atoms with Crippen LogP contribution in [0.2, 0.25) is 0 Å². The second-order valence-electron chi connectivity index (χ2n) is 8.39. The van der Waals surface area contributed by atoms with E-state index in [9.17, 15) is 31.5 Å². The summed E-state index contributed by atoms with van der Waals surface area (Å²) in [4.78, 5) is 14.3. The molecule has 188 valence electrons. The molecule has 2 aromatic rings. The van der Waals surface area contributed by atoms with Crippen molar-refractivity contribution < 1.29 is 36.2 Å². The van der Waals surface area contributed by atoms with Gasteiger partial charge in [-0.05, 0) is 37.4 Å². The van der Waals surface area contributed by atoms with Crippen molar-refractivity contribution in [2.45, 2.75) is 25.7 Å². The number of aromatic carboxylic acids is 1. The highest BCUT2D eigenvalue weighted by Crippen LogP contribution is 2.66. The van der Waals surface area contributed by atoms with Gasteiger partial charge in [0.05, 0.1) is 29.8 Å². The van der Waals surface area contributed by atoms with Gasteiger partial charge in [0.25, 0.3) is 5.92 Å². The minimum atomic E-state index is -3.45. The van der Waals surface area contributed by atoms with E-state index in [-0.39, 0.29) is 34.9 Å². The number of likely N-dealkylation sites (N-methyl/N-ethyl adjacent to an activating group) is 1. The Bertz CT molecular complexity index is 1250. The molecule has 2 aliphatic rings. The number of halogens is 3. The van der Waals surface area contributed by atoms with Crippen LogP contribution < -0.4 is 9.04 Å². The van der Waals surface area contributed by atoms with Gasteiger partial charge in [-0.25, -0.2) is 30.7 Å². The average Bonchev–Trinajstić information content (AvgIpc) is 3.38. The Hall–Kier alpha value is -3.05. The van der Waals surface area contributed by atoms with Crippen LogP contribution in [0.25, 0.3) is 6.08 Å². The molecule has 0 spiro atoms. The van der Waals surface area contributed by atoms with Crippen LogP contribution in [0.15, 0.2) is 36.4 Å². The maximum absolute atomic E-state index is 14.1. The number of anilines is 2. The molecule has 1 aliphatic carbocycles. The van der Waals surface area contributed by atoms with Gasteiger partial charge in [-0.15, -0.1) is 0 Å². The van der Waals surface area contributed by atoms with Gasteiger partial charge in [0, 0.05) is 17.7 Å². The van der Waals surface area contributed by atoms with Gasteiger partial charge in [-0.1, -0.05) is 32.1 Å². The lowest BCUT2D eigenvalue weighted by molar-refractivity contribution is 0.0691. The molecule has 0 bridgehead atoms. The minimum Gasteiger partial charge on any atom is -0.492 e. The molecule has 0 aromatic heterocycles. The van der Waals surface area contributed by atoms with Crippen LogP contribution in [0.3, 0.4) is 0 Å². The SMILES string of the molecule is CCN(CC)CC=Cc1cc(F)ccc1N(c1ccc2c(c1C(=O)O)OCC1C2C1(F)F)[SH](=O)=O. The highest BCUT2D eigenvalue weighted by molar-refractivity contribution is 7.74. The Morgan fingerprint density at radius 1 is 1.20 bits per heavy atom. The number of alkyl halides is 2. The molecule has 0 amide bonds. The highest BCUT2D eigenvalue weighted by atomic mass is 32.2. The van der Waals surface area contributed by atoms with Gasteiger partial charge in [0.2, 0.25) is 10.9 Å². The molecule has 2 atom stereocenters. The van der Waals surface area contributed by atoms with E-state index in [1.165, 1.54) is 18.2 Å². The van der Waals surface area contributed by atoms with Crippen molar-refractivity contribution in [3.8, 4) is 5.75 Å². The predicted molar refractivity (Wildman–Crippen MR) is 126 cm³/mol. The average molecular weight is 511 g/mol. The molecule has 1 aliphatic heterocycles. The van der Waals surface area contributed by atoms with Gasteiger partial charge >= 0.3 is 5.97 Å². The maximum Gasteiger partial charge on any atom is 0.341 e. The first-order valence-corrected chi connectivity index (χ1v) is 12.3. The Morgan fingerprint density at radius 3 is 2.51 bits per heavy atom. The summed E-state index contributed by atoms with van der Waals surface area (Å²) in [5, 5.41) is 9.93. The van der Waals surface area contributed by atoms with Gasteiger partial charge < -0.3 is 14.7 Å². The fourth-order valence-corrected chi connectivity index (χ4v) is 5.24. The van der Waals surface area contributed by atoms with E-state index in [0.717, 1.165) is 29.5 Å². The van der Waals surface area contributed by atoms with Crippen LogP contribution in [0.1, 0.15) is 41.3 Å². The van der Waals surface area contributed by atoms with Crippen molar-refractivity contribution in [1.82, 2.24) is 4.90 Å². The number of thiol groups is 1. The van der Waals surface area contributed by atoms with Crippen LogP contribution in [0.5, 0.6) is 5.75 Å². The predicted octanol–water partition coefficient (Wildman–Crippen LogP) is 4.28. The zero-order valence-electron chi connectivity index (χ0n) is 19.1. The first kappa shape index (κ1) is 25.1. The number of rotatable bonds is 9. The second-order valence-corrected chi connectivity index (χ2v) is 9.27. The smallest absolute Gasteiger partial charge is 0.341 e. The molecule has 0 saturated heterocycles. The van der Waals surface area contributed by atoms with E-state index in [1.807, 2.05) is 13.8 Å². The second kappa shape index (κ2) is 9.54. The maximum atomic E-state index is 14.1. The van der Waals surface area contributed by atoms with Gasteiger partial charge in [-0.2, -0.15) is 0 Å². The molecule has 1 saturated carbocycles. The van der Waals surface area contributed by atoms with E-state index in [4.69, 9.17) is 4.74 Å². The van der Waals surface area contributed by atoms with Crippen LogP contribution in [0, 0.1) is 11.7 Å². The van der Waals surface area contributed by atoms with Crippen molar-refractivity contribution in [2.75, 3.05) is 30.5 Å². The lowest BCUT2D eigenvalue weighted by atomic mass is 9.99. The molecule has 0 radical (unpaired) electrons. The summed E-state index contributed by atoms with van der Waals surface area (Å²) >= 11 is 0.